The highest BCUT2D eigenvalue weighted by molar-refractivity contribution is 7.90. The minimum absolute atomic E-state index is 0.0719. The number of aliphatic hydroxyl groups excluding tert-OH is 1. The zero-order valence-electron chi connectivity index (χ0n) is 16.8. The third-order valence-electron chi connectivity index (χ3n) is 6.17. The summed E-state index contributed by atoms with van der Waals surface area (Å²) in [4.78, 5) is 4.59. The molecule has 156 valence electrons. The Morgan fingerprint density at radius 2 is 1.90 bits per heavy atom. The maximum Gasteiger partial charge on any atom is 0.269 e. The van der Waals surface area contributed by atoms with Gasteiger partial charge in [-0.15, -0.1) is 10.2 Å². The summed E-state index contributed by atoms with van der Waals surface area (Å²) in [7, 11) is -3.79. The molecule has 0 aliphatic heterocycles. The number of aryl methyl sites for hydroxylation is 1. The highest BCUT2D eigenvalue weighted by Crippen LogP contribution is 2.41. The second kappa shape index (κ2) is 6.88. The normalized spacial score (nSPS) is 22.3. The Bertz CT molecular complexity index is 1340. The average Bonchev–Trinajstić information content (AvgIpc) is 3.43. The fourth-order valence-electron chi connectivity index (χ4n) is 4.57. The molecule has 0 spiro atoms. The van der Waals surface area contributed by atoms with Crippen molar-refractivity contribution in [1.82, 2.24) is 23.6 Å². The molecule has 30 heavy (non-hydrogen) atoms. The lowest BCUT2D eigenvalue weighted by molar-refractivity contribution is 0.176. The van der Waals surface area contributed by atoms with Crippen molar-refractivity contribution in [2.45, 2.75) is 50.0 Å². The lowest BCUT2D eigenvalue weighted by Gasteiger charge is -2.16. The molecule has 3 aromatic heterocycles. The van der Waals surface area contributed by atoms with Gasteiger partial charge in [0.05, 0.1) is 22.7 Å². The van der Waals surface area contributed by atoms with Gasteiger partial charge in [0.15, 0.2) is 11.3 Å². The van der Waals surface area contributed by atoms with Crippen LogP contribution < -0.4 is 0 Å². The van der Waals surface area contributed by atoms with Crippen molar-refractivity contribution in [3.63, 3.8) is 0 Å². The van der Waals surface area contributed by atoms with Gasteiger partial charge in [-0.25, -0.2) is 17.4 Å². The maximum atomic E-state index is 13.2. The number of hydrogen-bond acceptors (Lipinski definition) is 6. The van der Waals surface area contributed by atoms with Crippen LogP contribution in [0.5, 0.6) is 0 Å². The zero-order chi connectivity index (χ0) is 21.0. The Morgan fingerprint density at radius 3 is 2.63 bits per heavy atom. The number of fused-ring (bicyclic) bond motifs is 3. The molecule has 0 bridgehead atoms. The maximum absolute atomic E-state index is 13.2. The monoisotopic (exact) mass is 425 g/mol. The van der Waals surface area contributed by atoms with Crippen molar-refractivity contribution in [3.05, 3.63) is 54.1 Å². The predicted molar refractivity (Wildman–Crippen MR) is 112 cm³/mol. The summed E-state index contributed by atoms with van der Waals surface area (Å²) in [5, 5.41) is 18.8. The van der Waals surface area contributed by atoms with Gasteiger partial charge in [0.25, 0.3) is 10.0 Å². The Hall–Kier alpha value is -2.78. The lowest BCUT2D eigenvalue weighted by Crippen LogP contribution is -2.13. The second-order valence-corrected chi connectivity index (χ2v) is 9.86. The molecule has 1 aromatic carbocycles. The van der Waals surface area contributed by atoms with E-state index in [-0.39, 0.29) is 16.9 Å². The van der Waals surface area contributed by atoms with Crippen molar-refractivity contribution < 1.29 is 13.5 Å². The number of benzene rings is 1. The minimum atomic E-state index is -3.79. The summed E-state index contributed by atoms with van der Waals surface area (Å²) in [6.07, 6.45) is 5.03. The van der Waals surface area contributed by atoms with Crippen molar-refractivity contribution in [1.29, 1.82) is 0 Å². The summed E-state index contributed by atoms with van der Waals surface area (Å²) in [6, 6.07) is 8.49. The molecule has 3 atom stereocenters. The smallest absolute Gasteiger partial charge is 0.269 e. The molecule has 1 aliphatic rings. The SMILES string of the molecule is CC[C@@H]1C[C@@H](O)C[C@@H]1c1nnc2cnc3c(ccn3S(=O)(=O)c3ccc(C)cc3)n12. The Kier molecular flexibility index (Phi) is 4.41. The van der Waals surface area contributed by atoms with Gasteiger partial charge in [-0.1, -0.05) is 31.0 Å². The molecule has 1 saturated carbocycles. The fourth-order valence-corrected chi connectivity index (χ4v) is 5.87. The molecule has 8 nitrogen and oxygen atoms in total. The largest absolute Gasteiger partial charge is 0.393 e. The van der Waals surface area contributed by atoms with Crippen LogP contribution in [0.4, 0.5) is 0 Å². The number of aromatic nitrogens is 5. The molecule has 0 saturated heterocycles. The molecule has 5 rings (SSSR count). The lowest BCUT2D eigenvalue weighted by atomic mass is 9.93. The van der Waals surface area contributed by atoms with Crippen LogP contribution in [0.15, 0.2) is 47.6 Å². The predicted octanol–water partition coefficient (Wildman–Crippen LogP) is 2.89. The summed E-state index contributed by atoms with van der Waals surface area (Å²) in [5.41, 5.74) is 2.53. The molecular weight excluding hydrogens is 402 g/mol. The minimum Gasteiger partial charge on any atom is -0.393 e. The number of hydrogen-bond donors (Lipinski definition) is 1. The van der Waals surface area contributed by atoms with Crippen LogP contribution in [0.1, 0.15) is 43.5 Å². The molecule has 4 aromatic rings. The quantitative estimate of drug-likeness (QED) is 0.539. The van der Waals surface area contributed by atoms with E-state index in [1.807, 2.05) is 11.3 Å². The van der Waals surface area contributed by atoms with Crippen LogP contribution in [-0.4, -0.2) is 43.2 Å². The van der Waals surface area contributed by atoms with Crippen LogP contribution in [-0.2, 0) is 10.0 Å². The van der Waals surface area contributed by atoms with Gasteiger partial charge in [-0.05, 0) is 43.9 Å². The summed E-state index contributed by atoms with van der Waals surface area (Å²) < 4.78 is 29.5. The molecule has 1 aliphatic carbocycles. The first-order valence-electron chi connectivity index (χ1n) is 10.1. The van der Waals surface area contributed by atoms with E-state index < -0.39 is 10.0 Å². The van der Waals surface area contributed by atoms with Gasteiger partial charge in [0.1, 0.15) is 5.82 Å². The van der Waals surface area contributed by atoms with Crippen molar-refractivity contribution in [3.8, 4) is 0 Å². The summed E-state index contributed by atoms with van der Waals surface area (Å²) in [5.74, 6) is 1.14. The first kappa shape index (κ1) is 19.2. The van der Waals surface area contributed by atoms with Crippen LogP contribution in [0.2, 0.25) is 0 Å². The highest BCUT2D eigenvalue weighted by atomic mass is 32.2. The van der Waals surface area contributed by atoms with Gasteiger partial charge in [-0.3, -0.25) is 4.40 Å². The van der Waals surface area contributed by atoms with E-state index in [0.717, 1.165) is 24.2 Å². The molecule has 0 unspecified atom stereocenters. The van der Waals surface area contributed by atoms with Crippen LogP contribution in [0, 0.1) is 12.8 Å². The Balaban J connectivity index is 1.69. The number of aliphatic hydroxyl groups is 1. The van der Waals surface area contributed by atoms with E-state index >= 15 is 0 Å². The van der Waals surface area contributed by atoms with Gasteiger partial charge in [-0.2, -0.15) is 0 Å². The molecular formula is C21H23N5O3S. The van der Waals surface area contributed by atoms with Crippen molar-refractivity contribution in [2.24, 2.45) is 5.92 Å². The molecule has 1 fully saturated rings. The molecule has 3 heterocycles. The Labute approximate surface area is 174 Å². The van der Waals surface area contributed by atoms with Crippen LogP contribution >= 0.6 is 0 Å². The average molecular weight is 426 g/mol. The molecule has 0 radical (unpaired) electrons. The van der Waals surface area contributed by atoms with Gasteiger partial charge >= 0.3 is 0 Å². The van der Waals surface area contributed by atoms with Gasteiger partial charge in [0.2, 0.25) is 0 Å². The zero-order valence-corrected chi connectivity index (χ0v) is 17.6. The fraction of sp³-hybridized carbons (Fsp3) is 0.381. The van der Waals surface area contributed by atoms with Crippen LogP contribution in [0.3, 0.4) is 0 Å². The second-order valence-electron chi connectivity index (χ2n) is 8.05. The van der Waals surface area contributed by atoms with E-state index in [2.05, 4.69) is 22.1 Å². The van der Waals surface area contributed by atoms with Crippen molar-refractivity contribution in [2.75, 3.05) is 0 Å². The van der Waals surface area contributed by atoms with Gasteiger partial charge < -0.3 is 5.11 Å². The third-order valence-corrected chi connectivity index (χ3v) is 7.85. The topological polar surface area (TPSA) is 102 Å². The first-order valence-corrected chi connectivity index (χ1v) is 11.6. The van der Waals surface area contributed by atoms with E-state index in [1.165, 1.54) is 10.2 Å². The van der Waals surface area contributed by atoms with E-state index in [0.29, 0.717) is 29.1 Å². The molecule has 0 amide bonds. The number of rotatable bonds is 4. The summed E-state index contributed by atoms with van der Waals surface area (Å²) in [6.45, 7) is 4.03. The van der Waals surface area contributed by atoms with Crippen molar-refractivity contribution >= 4 is 26.8 Å². The van der Waals surface area contributed by atoms with E-state index in [9.17, 15) is 13.5 Å². The standard InChI is InChI=1S/C21H23N5O3S/c1-3-14-10-15(27)11-17(14)20-24-23-19-12-22-21-18(26(19)20)8-9-25(21)30(28,29)16-6-4-13(2)5-7-16/h4-9,12,14-15,17,27H,3,10-11H2,1-2H3/t14-,15-,17+/m1/s1. The molecule has 1 N–H and O–H groups in total. The van der Waals surface area contributed by atoms with E-state index in [4.69, 9.17) is 0 Å². The third kappa shape index (κ3) is 2.84. The summed E-state index contributed by atoms with van der Waals surface area (Å²) >= 11 is 0. The highest BCUT2D eigenvalue weighted by Gasteiger charge is 2.36. The van der Waals surface area contributed by atoms with Gasteiger partial charge in [0, 0.05) is 12.1 Å². The number of nitrogens with zero attached hydrogens (tertiary/aromatic N) is 5. The first-order chi connectivity index (χ1) is 14.4. The van der Waals surface area contributed by atoms with Crippen LogP contribution in [0.25, 0.3) is 16.8 Å². The Morgan fingerprint density at radius 1 is 1.13 bits per heavy atom. The molecule has 9 heteroatoms. The van der Waals surface area contributed by atoms with E-state index in [1.54, 1.807) is 36.5 Å².